The fraction of sp³-hybridized carbons (Fsp3) is 0.700. The van der Waals surface area contributed by atoms with Crippen molar-refractivity contribution in [2.45, 2.75) is 13.0 Å². The molecule has 8 nitrogen and oxygen atoms in total. The van der Waals surface area contributed by atoms with E-state index in [0.717, 1.165) is 4.90 Å². The number of aliphatic carboxylic acids is 2. The van der Waals surface area contributed by atoms with Gasteiger partial charge in [-0.25, -0.2) is 4.79 Å². The molecule has 104 valence electrons. The van der Waals surface area contributed by atoms with Crippen LogP contribution >= 0.6 is 0 Å². The molecule has 8 heteroatoms. The lowest BCUT2D eigenvalue weighted by molar-refractivity contribution is -0.140. The van der Waals surface area contributed by atoms with Gasteiger partial charge in [-0.15, -0.1) is 0 Å². The molecule has 0 bridgehead atoms. The average molecular weight is 262 g/mol. The molecule has 0 spiro atoms. The van der Waals surface area contributed by atoms with Crippen molar-refractivity contribution in [3.05, 3.63) is 0 Å². The predicted octanol–water partition coefficient (Wildman–Crippen LogP) is -0.456. The van der Waals surface area contributed by atoms with Crippen molar-refractivity contribution in [1.82, 2.24) is 9.80 Å². The van der Waals surface area contributed by atoms with E-state index < -0.39 is 31.1 Å². The van der Waals surface area contributed by atoms with E-state index in [0.29, 0.717) is 0 Å². The zero-order valence-corrected chi connectivity index (χ0v) is 10.6. The molecular weight excluding hydrogens is 244 g/mol. The summed E-state index contributed by atoms with van der Waals surface area (Å²) in [6.45, 7) is 0.668. The van der Waals surface area contributed by atoms with Gasteiger partial charge in [0.25, 0.3) is 0 Å². The third-order valence-corrected chi connectivity index (χ3v) is 2.29. The van der Waals surface area contributed by atoms with Gasteiger partial charge in [0.15, 0.2) is 0 Å². The Morgan fingerprint density at radius 2 is 1.61 bits per heavy atom. The maximum atomic E-state index is 11.9. The first-order chi connectivity index (χ1) is 8.29. The summed E-state index contributed by atoms with van der Waals surface area (Å²) in [6.07, 6.45) is 0. The highest BCUT2D eigenvalue weighted by molar-refractivity contribution is 5.84. The molecule has 0 aliphatic carbocycles. The molecule has 1 unspecified atom stereocenters. The SMILES string of the molecule is COCC(C)N(C)C(=O)N(CC(=O)O)CC(=O)O. The van der Waals surface area contributed by atoms with E-state index in [2.05, 4.69) is 0 Å². The van der Waals surface area contributed by atoms with Crippen molar-refractivity contribution in [3.8, 4) is 0 Å². The summed E-state index contributed by atoms with van der Waals surface area (Å²) in [5.74, 6) is -2.53. The Hall–Kier alpha value is -1.83. The second-order valence-corrected chi connectivity index (χ2v) is 3.84. The van der Waals surface area contributed by atoms with E-state index in [-0.39, 0.29) is 12.6 Å². The van der Waals surface area contributed by atoms with E-state index in [1.54, 1.807) is 6.92 Å². The van der Waals surface area contributed by atoms with Gasteiger partial charge in [-0.3, -0.25) is 9.59 Å². The van der Waals surface area contributed by atoms with Crippen molar-refractivity contribution in [3.63, 3.8) is 0 Å². The molecule has 0 saturated heterocycles. The fourth-order valence-electron chi connectivity index (χ4n) is 1.28. The van der Waals surface area contributed by atoms with Crippen LogP contribution in [0, 0.1) is 0 Å². The molecule has 0 heterocycles. The van der Waals surface area contributed by atoms with Crippen LogP contribution in [0.1, 0.15) is 6.92 Å². The summed E-state index contributed by atoms with van der Waals surface area (Å²) in [5.41, 5.74) is 0. The van der Waals surface area contributed by atoms with Gasteiger partial charge < -0.3 is 24.7 Å². The summed E-state index contributed by atoms with van der Waals surface area (Å²) >= 11 is 0. The molecule has 0 radical (unpaired) electrons. The molecule has 2 amide bonds. The zero-order chi connectivity index (χ0) is 14.3. The first kappa shape index (κ1) is 16.2. The Bertz CT molecular complexity index is 303. The van der Waals surface area contributed by atoms with Gasteiger partial charge in [-0.2, -0.15) is 0 Å². The van der Waals surface area contributed by atoms with Crippen molar-refractivity contribution in [2.24, 2.45) is 0 Å². The normalized spacial score (nSPS) is 11.7. The van der Waals surface area contributed by atoms with Crippen molar-refractivity contribution in [1.29, 1.82) is 0 Å². The maximum Gasteiger partial charge on any atom is 0.323 e. The van der Waals surface area contributed by atoms with Gasteiger partial charge in [0.05, 0.1) is 12.6 Å². The Balaban J connectivity index is 4.71. The minimum atomic E-state index is -1.27. The first-order valence-corrected chi connectivity index (χ1v) is 5.23. The van der Waals surface area contributed by atoms with E-state index in [4.69, 9.17) is 14.9 Å². The molecule has 0 aromatic heterocycles. The lowest BCUT2D eigenvalue weighted by Crippen LogP contribution is -2.49. The van der Waals surface area contributed by atoms with Crippen molar-refractivity contribution in [2.75, 3.05) is 33.9 Å². The van der Waals surface area contributed by atoms with E-state index in [1.165, 1.54) is 19.1 Å². The number of amides is 2. The second kappa shape index (κ2) is 7.49. The topological polar surface area (TPSA) is 107 Å². The number of carboxylic acid groups (broad SMARTS) is 2. The number of carbonyl (C=O) groups excluding carboxylic acids is 1. The van der Waals surface area contributed by atoms with Gasteiger partial charge in [0.1, 0.15) is 13.1 Å². The average Bonchev–Trinajstić information content (AvgIpc) is 2.25. The molecule has 0 fully saturated rings. The van der Waals surface area contributed by atoms with Crippen LogP contribution in [0.15, 0.2) is 0 Å². The lowest BCUT2D eigenvalue weighted by atomic mass is 10.3. The number of carboxylic acids is 2. The van der Waals surface area contributed by atoms with Crippen LogP contribution < -0.4 is 0 Å². The third kappa shape index (κ3) is 5.48. The number of rotatable bonds is 7. The minimum absolute atomic E-state index is 0.274. The Morgan fingerprint density at radius 1 is 1.17 bits per heavy atom. The minimum Gasteiger partial charge on any atom is -0.480 e. The summed E-state index contributed by atoms with van der Waals surface area (Å²) in [5, 5.41) is 17.3. The molecule has 0 aliphatic rings. The number of methoxy groups -OCH3 is 1. The molecule has 0 aromatic carbocycles. The molecule has 0 rings (SSSR count). The molecule has 0 aliphatic heterocycles. The summed E-state index contributed by atoms with van der Waals surface area (Å²) < 4.78 is 4.87. The van der Waals surface area contributed by atoms with Crippen LogP contribution in [0.4, 0.5) is 4.79 Å². The molecule has 2 N–H and O–H groups in total. The van der Waals surface area contributed by atoms with Crippen LogP contribution in [0.5, 0.6) is 0 Å². The number of ether oxygens (including phenoxy) is 1. The summed E-state index contributed by atoms with van der Waals surface area (Å²) in [6, 6.07) is -0.947. The standard InChI is InChI=1S/C10H18N2O6/c1-7(6-18-3)11(2)10(17)12(4-8(13)14)5-9(15)16/h7H,4-6H2,1-3H3,(H,13,14)(H,15,16). The van der Waals surface area contributed by atoms with E-state index in [9.17, 15) is 14.4 Å². The zero-order valence-electron chi connectivity index (χ0n) is 10.6. The molecule has 0 saturated carbocycles. The van der Waals surface area contributed by atoms with Crippen LogP contribution in [0.25, 0.3) is 0 Å². The van der Waals surface area contributed by atoms with E-state index in [1.807, 2.05) is 0 Å². The number of hydrogen-bond acceptors (Lipinski definition) is 4. The molecular formula is C10H18N2O6. The van der Waals surface area contributed by atoms with Crippen LogP contribution in [0.2, 0.25) is 0 Å². The summed E-state index contributed by atoms with van der Waals surface area (Å²) in [4.78, 5) is 35.1. The van der Waals surface area contributed by atoms with Gasteiger partial charge in [0.2, 0.25) is 0 Å². The Morgan fingerprint density at radius 3 is 1.94 bits per heavy atom. The highest BCUT2D eigenvalue weighted by Crippen LogP contribution is 2.03. The molecule has 0 aromatic rings. The number of hydrogen-bond donors (Lipinski definition) is 2. The predicted molar refractivity (Wildman–Crippen MR) is 61.3 cm³/mol. The van der Waals surface area contributed by atoms with Crippen LogP contribution in [-0.4, -0.2) is 77.9 Å². The monoisotopic (exact) mass is 262 g/mol. The highest BCUT2D eigenvalue weighted by Gasteiger charge is 2.25. The van der Waals surface area contributed by atoms with E-state index >= 15 is 0 Å². The first-order valence-electron chi connectivity index (χ1n) is 5.23. The number of carbonyl (C=O) groups is 3. The number of likely N-dealkylation sites (N-methyl/N-ethyl adjacent to an activating group) is 1. The van der Waals surface area contributed by atoms with Crippen molar-refractivity contribution >= 4 is 18.0 Å². The lowest BCUT2D eigenvalue weighted by Gasteiger charge is -2.29. The van der Waals surface area contributed by atoms with Crippen LogP contribution in [0.3, 0.4) is 0 Å². The highest BCUT2D eigenvalue weighted by atomic mass is 16.5. The van der Waals surface area contributed by atoms with Crippen molar-refractivity contribution < 1.29 is 29.3 Å². The molecule has 1 atom stereocenters. The quantitative estimate of drug-likeness (QED) is 0.643. The molecule has 18 heavy (non-hydrogen) atoms. The third-order valence-electron chi connectivity index (χ3n) is 2.29. The largest absolute Gasteiger partial charge is 0.480 e. The van der Waals surface area contributed by atoms with Gasteiger partial charge >= 0.3 is 18.0 Å². The van der Waals surface area contributed by atoms with Gasteiger partial charge in [-0.05, 0) is 6.92 Å². The maximum absolute atomic E-state index is 11.9. The number of urea groups is 1. The van der Waals surface area contributed by atoms with Gasteiger partial charge in [0, 0.05) is 14.2 Å². The Kier molecular flexibility index (Phi) is 6.73. The second-order valence-electron chi connectivity index (χ2n) is 3.84. The number of nitrogens with zero attached hydrogens (tertiary/aromatic N) is 2. The fourth-order valence-corrected chi connectivity index (χ4v) is 1.28. The van der Waals surface area contributed by atoms with Crippen LogP contribution in [-0.2, 0) is 14.3 Å². The summed E-state index contributed by atoms with van der Waals surface area (Å²) in [7, 11) is 2.93. The Labute approximate surface area is 105 Å². The smallest absolute Gasteiger partial charge is 0.323 e. The van der Waals surface area contributed by atoms with Gasteiger partial charge in [-0.1, -0.05) is 0 Å².